The second kappa shape index (κ2) is 7.77. The number of amides is 2. The Bertz CT molecular complexity index is 590. The van der Waals surface area contributed by atoms with Gasteiger partial charge in [-0.15, -0.1) is 0 Å². The van der Waals surface area contributed by atoms with E-state index >= 15 is 0 Å². The Morgan fingerprint density at radius 3 is 2.52 bits per heavy atom. The van der Waals surface area contributed by atoms with E-state index in [1.807, 2.05) is 0 Å². The Morgan fingerprint density at radius 1 is 1.43 bits per heavy atom. The molecule has 0 fully saturated rings. The predicted octanol–water partition coefficient (Wildman–Crippen LogP) is 0.979. The van der Waals surface area contributed by atoms with Gasteiger partial charge in [-0.2, -0.15) is 5.26 Å². The summed E-state index contributed by atoms with van der Waals surface area (Å²) in [4.78, 5) is 24.5. The summed E-state index contributed by atoms with van der Waals surface area (Å²) < 4.78 is 12.8. The molecule has 1 aromatic carbocycles. The molecule has 1 rings (SSSR count). The number of nitriles is 1. The lowest BCUT2D eigenvalue weighted by Crippen LogP contribution is -2.30. The molecule has 0 aromatic heterocycles. The van der Waals surface area contributed by atoms with Crippen LogP contribution in [-0.4, -0.2) is 29.8 Å². The van der Waals surface area contributed by atoms with Gasteiger partial charge in [0.15, 0.2) is 0 Å². The van der Waals surface area contributed by atoms with E-state index in [1.165, 1.54) is 36.1 Å². The van der Waals surface area contributed by atoms with Crippen molar-refractivity contribution in [3.05, 3.63) is 41.9 Å². The molecule has 0 aliphatic heterocycles. The summed E-state index contributed by atoms with van der Waals surface area (Å²) in [5.41, 5.74) is 5.45. The first kappa shape index (κ1) is 16.3. The Balaban J connectivity index is 2.88. The van der Waals surface area contributed by atoms with Crippen molar-refractivity contribution in [2.24, 2.45) is 5.73 Å². The van der Waals surface area contributed by atoms with Crippen LogP contribution >= 0.6 is 0 Å². The monoisotopic (exact) mass is 290 g/mol. The highest BCUT2D eigenvalue weighted by Gasteiger charge is 2.13. The summed E-state index contributed by atoms with van der Waals surface area (Å²) in [6, 6.07) is 6.81. The van der Waals surface area contributed by atoms with Crippen molar-refractivity contribution in [2.75, 3.05) is 18.4 Å². The molecule has 6 nitrogen and oxygen atoms in total. The zero-order chi connectivity index (χ0) is 15.8. The van der Waals surface area contributed by atoms with Crippen molar-refractivity contribution in [1.82, 2.24) is 4.90 Å². The standard InChI is InChI=1S/C14H15FN4O2/c1-10(20)19(7-6-16)9-11(8-17)14(21)18-13-4-2-12(15)3-5-13/h2-5,9H,6-7,16H2,1H3,(H,18,21)/b11-9-. The van der Waals surface area contributed by atoms with Gasteiger partial charge in [-0.05, 0) is 24.3 Å². The molecular formula is C14H15FN4O2. The highest BCUT2D eigenvalue weighted by molar-refractivity contribution is 6.06. The van der Waals surface area contributed by atoms with E-state index in [0.717, 1.165) is 6.20 Å². The van der Waals surface area contributed by atoms with Crippen LogP contribution in [-0.2, 0) is 9.59 Å². The molecule has 7 heteroatoms. The van der Waals surface area contributed by atoms with Crippen molar-refractivity contribution in [3.63, 3.8) is 0 Å². The maximum absolute atomic E-state index is 12.8. The Labute approximate surface area is 121 Å². The third-order valence-corrected chi connectivity index (χ3v) is 2.53. The molecule has 3 N–H and O–H groups in total. The first-order valence-electron chi connectivity index (χ1n) is 6.14. The number of hydrogen-bond donors (Lipinski definition) is 2. The largest absolute Gasteiger partial charge is 0.329 e. The van der Waals surface area contributed by atoms with Gasteiger partial charge in [0, 0.05) is 31.9 Å². The van der Waals surface area contributed by atoms with Crippen LogP contribution in [0.5, 0.6) is 0 Å². The number of anilines is 1. The predicted molar refractivity (Wildman–Crippen MR) is 75.2 cm³/mol. The molecule has 0 bridgehead atoms. The number of benzene rings is 1. The maximum Gasteiger partial charge on any atom is 0.267 e. The summed E-state index contributed by atoms with van der Waals surface area (Å²) in [6.45, 7) is 1.71. The topological polar surface area (TPSA) is 99.2 Å². The zero-order valence-electron chi connectivity index (χ0n) is 11.5. The minimum atomic E-state index is -0.688. The van der Waals surface area contributed by atoms with Gasteiger partial charge in [0.05, 0.1) is 0 Å². The summed E-state index contributed by atoms with van der Waals surface area (Å²) in [5, 5.41) is 11.5. The van der Waals surface area contributed by atoms with E-state index in [0.29, 0.717) is 5.69 Å². The molecule has 0 spiro atoms. The van der Waals surface area contributed by atoms with Crippen molar-refractivity contribution in [3.8, 4) is 6.07 Å². The van der Waals surface area contributed by atoms with Gasteiger partial charge in [0.2, 0.25) is 5.91 Å². The molecule has 0 radical (unpaired) electrons. The van der Waals surface area contributed by atoms with Gasteiger partial charge < -0.3 is 16.0 Å². The second-order valence-corrected chi connectivity index (χ2v) is 4.12. The SMILES string of the molecule is CC(=O)N(/C=C(/C#N)C(=O)Nc1ccc(F)cc1)CCN. The Kier molecular flexibility index (Phi) is 6.04. The van der Waals surface area contributed by atoms with Crippen LogP contribution in [0.15, 0.2) is 36.0 Å². The van der Waals surface area contributed by atoms with Crippen molar-refractivity contribution in [2.45, 2.75) is 6.92 Å². The molecule has 0 aliphatic carbocycles. The second-order valence-electron chi connectivity index (χ2n) is 4.12. The summed E-state index contributed by atoms with van der Waals surface area (Å²) in [6.07, 6.45) is 1.15. The minimum Gasteiger partial charge on any atom is -0.329 e. The normalized spacial score (nSPS) is 10.7. The summed E-state index contributed by atoms with van der Waals surface area (Å²) in [5.74, 6) is -1.45. The van der Waals surface area contributed by atoms with Crippen molar-refractivity contribution in [1.29, 1.82) is 5.26 Å². The molecule has 0 heterocycles. The summed E-state index contributed by atoms with van der Waals surface area (Å²) in [7, 11) is 0. The lowest BCUT2D eigenvalue weighted by atomic mass is 10.2. The highest BCUT2D eigenvalue weighted by atomic mass is 19.1. The number of nitrogens with two attached hydrogens (primary N) is 1. The number of nitrogens with one attached hydrogen (secondary N) is 1. The fourth-order valence-corrected chi connectivity index (χ4v) is 1.48. The molecule has 110 valence electrons. The number of nitrogens with zero attached hydrogens (tertiary/aromatic N) is 2. The fourth-order valence-electron chi connectivity index (χ4n) is 1.48. The lowest BCUT2D eigenvalue weighted by Gasteiger charge is -2.15. The number of halogens is 1. The smallest absolute Gasteiger partial charge is 0.267 e. The van der Waals surface area contributed by atoms with Crippen LogP contribution in [0.2, 0.25) is 0 Å². The van der Waals surface area contributed by atoms with Crippen LogP contribution in [0.4, 0.5) is 10.1 Å². The quantitative estimate of drug-likeness (QED) is 0.623. The molecule has 0 unspecified atom stereocenters. The van der Waals surface area contributed by atoms with Gasteiger partial charge in [-0.25, -0.2) is 4.39 Å². The van der Waals surface area contributed by atoms with E-state index in [9.17, 15) is 14.0 Å². The number of carbonyl (C=O) groups excluding carboxylic acids is 2. The van der Waals surface area contributed by atoms with Crippen LogP contribution in [0.25, 0.3) is 0 Å². The Hall–Kier alpha value is -2.72. The highest BCUT2D eigenvalue weighted by Crippen LogP contribution is 2.10. The molecule has 0 saturated heterocycles. The van der Waals surface area contributed by atoms with Gasteiger partial charge >= 0.3 is 0 Å². The molecule has 0 aliphatic rings. The van der Waals surface area contributed by atoms with E-state index in [1.54, 1.807) is 6.07 Å². The average Bonchev–Trinajstić information content (AvgIpc) is 2.45. The zero-order valence-corrected chi connectivity index (χ0v) is 11.5. The van der Waals surface area contributed by atoms with Crippen molar-refractivity contribution >= 4 is 17.5 Å². The number of hydrogen-bond acceptors (Lipinski definition) is 4. The van der Waals surface area contributed by atoms with Gasteiger partial charge in [0.25, 0.3) is 5.91 Å². The van der Waals surface area contributed by atoms with E-state index in [-0.39, 0.29) is 24.6 Å². The summed E-state index contributed by atoms with van der Waals surface area (Å²) >= 11 is 0. The lowest BCUT2D eigenvalue weighted by molar-refractivity contribution is -0.126. The molecule has 21 heavy (non-hydrogen) atoms. The molecule has 2 amide bonds. The third-order valence-electron chi connectivity index (χ3n) is 2.53. The van der Waals surface area contributed by atoms with Crippen LogP contribution in [0.3, 0.4) is 0 Å². The van der Waals surface area contributed by atoms with Crippen LogP contribution < -0.4 is 11.1 Å². The fraction of sp³-hybridized carbons (Fsp3) is 0.214. The first-order valence-corrected chi connectivity index (χ1v) is 6.14. The molecule has 0 atom stereocenters. The first-order chi connectivity index (χ1) is 9.97. The number of rotatable bonds is 5. The number of carbonyl (C=O) groups is 2. The maximum atomic E-state index is 12.8. The van der Waals surface area contributed by atoms with E-state index in [4.69, 9.17) is 11.0 Å². The minimum absolute atomic E-state index is 0.199. The third kappa shape index (κ3) is 5.04. The van der Waals surface area contributed by atoms with Crippen molar-refractivity contribution < 1.29 is 14.0 Å². The van der Waals surface area contributed by atoms with Crippen LogP contribution in [0, 0.1) is 17.1 Å². The van der Waals surface area contributed by atoms with Gasteiger partial charge in [-0.3, -0.25) is 9.59 Å². The van der Waals surface area contributed by atoms with E-state index < -0.39 is 11.7 Å². The average molecular weight is 290 g/mol. The molecular weight excluding hydrogens is 275 g/mol. The van der Waals surface area contributed by atoms with Gasteiger partial charge in [0.1, 0.15) is 17.5 Å². The van der Waals surface area contributed by atoms with E-state index in [2.05, 4.69) is 5.32 Å². The Morgan fingerprint density at radius 2 is 2.05 bits per heavy atom. The van der Waals surface area contributed by atoms with Gasteiger partial charge in [-0.1, -0.05) is 0 Å². The molecule has 0 saturated carbocycles. The van der Waals surface area contributed by atoms with Crippen LogP contribution in [0.1, 0.15) is 6.92 Å². The molecule has 1 aromatic rings.